The predicted molar refractivity (Wildman–Crippen MR) is 107 cm³/mol. The standard InChI is InChI=1S/C21H20N4O3/c1-14-13-18(24-21(22-14)25(2)15-9-5-4-6-10-15)19(26)23-17-12-8-7-11-16(17)20(27)28-3/h4-13H,1-3H3,(H,23,26). The second-order valence-electron chi connectivity index (χ2n) is 6.08. The molecule has 1 amide bonds. The molecule has 1 heterocycles. The number of aryl methyl sites for hydroxylation is 1. The third kappa shape index (κ3) is 4.15. The van der Waals surface area contributed by atoms with E-state index < -0.39 is 11.9 Å². The van der Waals surface area contributed by atoms with Gasteiger partial charge in [0.05, 0.1) is 18.4 Å². The Balaban J connectivity index is 1.89. The fourth-order valence-electron chi connectivity index (χ4n) is 2.65. The van der Waals surface area contributed by atoms with Crippen LogP contribution in [0.3, 0.4) is 0 Å². The van der Waals surface area contributed by atoms with Crippen molar-refractivity contribution in [3.63, 3.8) is 0 Å². The first-order chi connectivity index (χ1) is 13.5. The van der Waals surface area contributed by atoms with E-state index in [1.807, 2.05) is 37.4 Å². The maximum atomic E-state index is 12.8. The molecule has 0 fully saturated rings. The fourth-order valence-corrected chi connectivity index (χ4v) is 2.65. The summed E-state index contributed by atoms with van der Waals surface area (Å²) in [6, 6.07) is 17.8. The molecule has 2 aromatic carbocycles. The van der Waals surface area contributed by atoms with Gasteiger partial charge in [-0.1, -0.05) is 30.3 Å². The van der Waals surface area contributed by atoms with Gasteiger partial charge in [0.25, 0.3) is 5.91 Å². The molecule has 7 nitrogen and oxygen atoms in total. The van der Waals surface area contributed by atoms with Crippen LogP contribution in [0, 0.1) is 6.92 Å². The van der Waals surface area contributed by atoms with Crippen molar-refractivity contribution < 1.29 is 14.3 Å². The van der Waals surface area contributed by atoms with Crippen LogP contribution in [0.1, 0.15) is 26.5 Å². The van der Waals surface area contributed by atoms with Crippen LogP contribution in [-0.4, -0.2) is 36.0 Å². The van der Waals surface area contributed by atoms with Crippen LogP contribution in [0.15, 0.2) is 60.7 Å². The molecule has 0 aliphatic heterocycles. The fraction of sp³-hybridized carbons (Fsp3) is 0.143. The van der Waals surface area contributed by atoms with Gasteiger partial charge in [-0.05, 0) is 37.3 Å². The molecular formula is C21H20N4O3. The van der Waals surface area contributed by atoms with E-state index in [0.717, 1.165) is 5.69 Å². The third-order valence-corrected chi connectivity index (χ3v) is 4.10. The number of amides is 1. The highest BCUT2D eigenvalue weighted by molar-refractivity contribution is 6.07. The molecule has 3 rings (SSSR count). The monoisotopic (exact) mass is 376 g/mol. The van der Waals surface area contributed by atoms with Crippen molar-refractivity contribution >= 4 is 29.2 Å². The molecule has 1 aromatic heterocycles. The van der Waals surface area contributed by atoms with Gasteiger partial charge in [-0.3, -0.25) is 4.79 Å². The molecule has 1 N–H and O–H groups in total. The second kappa shape index (κ2) is 8.30. The van der Waals surface area contributed by atoms with Gasteiger partial charge < -0.3 is 15.0 Å². The number of methoxy groups -OCH3 is 1. The molecule has 0 bridgehead atoms. The molecule has 0 atom stereocenters. The van der Waals surface area contributed by atoms with E-state index in [1.165, 1.54) is 7.11 Å². The normalized spacial score (nSPS) is 10.2. The molecule has 0 saturated carbocycles. The van der Waals surface area contributed by atoms with Gasteiger partial charge >= 0.3 is 5.97 Å². The third-order valence-electron chi connectivity index (χ3n) is 4.10. The summed E-state index contributed by atoms with van der Waals surface area (Å²) in [5.74, 6) is -0.568. The highest BCUT2D eigenvalue weighted by atomic mass is 16.5. The number of hydrogen-bond acceptors (Lipinski definition) is 6. The summed E-state index contributed by atoms with van der Waals surface area (Å²) in [5, 5.41) is 2.73. The van der Waals surface area contributed by atoms with E-state index in [2.05, 4.69) is 15.3 Å². The summed E-state index contributed by atoms with van der Waals surface area (Å²) in [6.45, 7) is 1.79. The number of anilines is 3. The summed E-state index contributed by atoms with van der Waals surface area (Å²) < 4.78 is 4.76. The zero-order valence-electron chi connectivity index (χ0n) is 15.8. The Hall–Kier alpha value is -3.74. The Morgan fingerprint density at radius 2 is 1.68 bits per heavy atom. The van der Waals surface area contributed by atoms with Gasteiger partial charge in [0, 0.05) is 18.4 Å². The van der Waals surface area contributed by atoms with Gasteiger partial charge in [0.2, 0.25) is 5.95 Å². The first kappa shape index (κ1) is 19.0. The highest BCUT2D eigenvalue weighted by Gasteiger charge is 2.17. The number of para-hydroxylation sites is 2. The molecule has 142 valence electrons. The number of carbonyl (C=O) groups is 2. The summed E-state index contributed by atoms with van der Waals surface area (Å²) in [5.41, 5.74) is 2.37. The minimum Gasteiger partial charge on any atom is -0.465 e. The molecule has 0 aliphatic carbocycles. The van der Waals surface area contributed by atoms with Crippen molar-refractivity contribution in [3.8, 4) is 0 Å². The predicted octanol–water partition coefficient (Wildman–Crippen LogP) is 3.59. The molecular weight excluding hydrogens is 356 g/mol. The van der Waals surface area contributed by atoms with Crippen molar-refractivity contribution in [2.75, 3.05) is 24.4 Å². The van der Waals surface area contributed by atoms with Crippen molar-refractivity contribution in [1.82, 2.24) is 9.97 Å². The first-order valence-electron chi connectivity index (χ1n) is 8.62. The van der Waals surface area contributed by atoms with Gasteiger partial charge in [-0.2, -0.15) is 0 Å². The van der Waals surface area contributed by atoms with Crippen molar-refractivity contribution in [1.29, 1.82) is 0 Å². The van der Waals surface area contributed by atoms with E-state index in [4.69, 9.17) is 4.74 Å². The van der Waals surface area contributed by atoms with Crippen LogP contribution in [-0.2, 0) is 4.74 Å². The molecule has 0 saturated heterocycles. The van der Waals surface area contributed by atoms with Crippen LogP contribution < -0.4 is 10.2 Å². The van der Waals surface area contributed by atoms with E-state index in [1.54, 1.807) is 42.2 Å². The summed E-state index contributed by atoms with van der Waals surface area (Å²) >= 11 is 0. The van der Waals surface area contributed by atoms with Crippen LogP contribution >= 0.6 is 0 Å². The number of esters is 1. The Morgan fingerprint density at radius 1 is 1.00 bits per heavy atom. The van der Waals surface area contributed by atoms with Crippen molar-refractivity contribution in [3.05, 3.63) is 77.6 Å². The Morgan fingerprint density at radius 3 is 2.39 bits per heavy atom. The zero-order valence-corrected chi connectivity index (χ0v) is 15.8. The number of rotatable bonds is 5. The van der Waals surface area contributed by atoms with Crippen molar-refractivity contribution in [2.45, 2.75) is 6.92 Å². The van der Waals surface area contributed by atoms with Crippen LogP contribution in [0.4, 0.5) is 17.3 Å². The topological polar surface area (TPSA) is 84.4 Å². The molecule has 28 heavy (non-hydrogen) atoms. The molecule has 7 heteroatoms. The van der Waals surface area contributed by atoms with Gasteiger partial charge in [-0.25, -0.2) is 14.8 Å². The lowest BCUT2D eigenvalue weighted by Gasteiger charge is -2.18. The number of benzene rings is 2. The number of nitrogens with one attached hydrogen (secondary N) is 1. The second-order valence-corrected chi connectivity index (χ2v) is 6.08. The minimum atomic E-state index is -0.528. The smallest absolute Gasteiger partial charge is 0.339 e. The maximum Gasteiger partial charge on any atom is 0.339 e. The molecule has 3 aromatic rings. The Bertz CT molecular complexity index is 1010. The van der Waals surface area contributed by atoms with Gasteiger partial charge in [0.15, 0.2) is 0 Å². The number of ether oxygens (including phenoxy) is 1. The largest absolute Gasteiger partial charge is 0.465 e. The molecule has 0 aliphatic rings. The lowest BCUT2D eigenvalue weighted by molar-refractivity contribution is 0.0602. The number of carbonyl (C=O) groups excluding carboxylic acids is 2. The summed E-state index contributed by atoms with van der Waals surface area (Å²) in [6.07, 6.45) is 0. The number of nitrogens with zero attached hydrogens (tertiary/aromatic N) is 3. The molecule has 0 spiro atoms. The van der Waals surface area contributed by atoms with Crippen molar-refractivity contribution in [2.24, 2.45) is 0 Å². The number of hydrogen-bond donors (Lipinski definition) is 1. The Labute approximate surface area is 163 Å². The van der Waals surface area contributed by atoms with Crippen LogP contribution in [0.2, 0.25) is 0 Å². The van der Waals surface area contributed by atoms with Crippen LogP contribution in [0.5, 0.6) is 0 Å². The van der Waals surface area contributed by atoms with Crippen LogP contribution in [0.25, 0.3) is 0 Å². The van der Waals surface area contributed by atoms with E-state index in [9.17, 15) is 9.59 Å². The Kier molecular flexibility index (Phi) is 5.64. The van der Waals surface area contributed by atoms with E-state index in [-0.39, 0.29) is 11.3 Å². The molecule has 0 unspecified atom stereocenters. The quantitative estimate of drug-likeness (QED) is 0.685. The summed E-state index contributed by atoms with van der Waals surface area (Å²) in [4.78, 5) is 35.3. The SMILES string of the molecule is COC(=O)c1ccccc1NC(=O)c1cc(C)nc(N(C)c2ccccc2)n1. The average Bonchev–Trinajstić information content (AvgIpc) is 2.73. The lowest BCUT2D eigenvalue weighted by atomic mass is 10.1. The zero-order chi connectivity index (χ0) is 20.1. The van der Waals surface area contributed by atoms with E-state index >= 15 is 0 Å². The highest BCUT2D eigenvalue weighted by Crippen LogP contribution is 2.21. The number of aromatic nitrogens is 2. The molecule has 0 radical (unpaired) electrons. The lowest BCUT2D eigenvalue weighted by Crippen LogP contribution is -2.20. The van der Waals surface area contributed by atoms with Gasteiger partial charge in [0.1, 0.15) is 5.69 Å². The average molecular weight is 376 g/mol. The van der Waals surface area contributed by atoms with Gasteiger partial charge in [-0.15, -0.1) is 0 Å². The van der Waals surface area contributed by atoms with E-state index in [0.29, 0.717) is 17.3 Å². The maximum absolute atomic E-state index is 12.8. The minimum absolute atomic E-state index is 0.199. The first-order valence-corrected chi connectivity index (χ1v) is 8.62. The summed E-state index contributed by atoms with van der Waals surface area (Å²) in [7, 11) is 3.12.